The van der Waals surface area contributed by atoms with E-state index in [9.17, 15) is 26.4 Å². The minimum absolute atomic E-state index is 0.0268. The molecule has 0 heterocycles. The van der Waals surface area contributed by atoms with Crippen molar-refractivity contribution in [2.75, 3.05) is 14.2 Å². The Hall–Kier alpha value is -4.88. The Kier molecular flexibility index (Phi) is 12.1. The highest BCUT2D eigenvalue weighted by Crippen LogP contribution is 2.51. The number of methoxy groups -OCH3 is 2. The van der Waals surface area contributed by atoms with Crippen LogP contribution >= 0.6 is 0 Å². The first-order chi connectivity index (χ1) is 25.8. The van der Waals surface area contributed by atoms with Crippen molar-refractivity contribution in [2.45, 2.75) is 102 Å². The van der Waals surface area contributed by atoms with E-state index >= 15 is 0 Å². The van der Waals surface area contributed by atoms with E-state index in [0.717, 1.165) is 11.1 Å². The van der Waals surface area contributed by atoms with E-state index in [2.05, 4.69) is 5.32 Å². The van der Waals surface area contributed by atoms with Gasteiger partial charge in [-0.25, -0.2) is 0 Å². The van der Waals surface area contributed by atoms with E-state index in [0.29, 0.717) is 39.8 Å². The second kappa shape index (κ2) is 16.1. The van der Waals surface area contributed by atoms with Crippen LogP contribution in [-0.2, 0) is 31.5 Å². The van der Waals surface area contributed by atoms with Gasteiger partial charge in [-0.3, -0.25) is 9.59 Å². The average molecular weight is 792 g/mol. The van der Waals surface area contributed by atoms with Gasteiger partial charge in [-0.1, -0.05) is 71.4 Å². The van der Waals surface area contributed by atoms with Crippen molar-refractivity contribution in [1.29, 1.82) is 0 Å². The summed E-state index contributed by atoms with van der Waals surface area (Å²) in [6.45, 7) is 14.9. The number of fused-ring (bicyclic) bond motifs is 3. The Labute approximate surface area is 324 Å². The lowest BCUT2D eigenvalue weighted by molar-refractivity contribution is -0.119. The van der Waals surface area contributed by atoms with Gasteiger partial charge in [0.15, 0.2) is 17.2 Å². The minimum atomic E-state index is -4.54. The third-order valence-electron chi connectivity index (χ3n) is 9.70. The number of benzene rings is 3. The molecule has 1 atom stereocenters. The van der Waals surface area contributed by atoms with Crippen molar-refractivity contribution in [2.24, 2.45) is 0 Å². The number of carbonyl (C=O) groups is 1. The largest absolute Gasteiger partial charge is 0.492 e. The molecule has 5 rings (SSSR count). The summed E-state index contributed by atoms with van der Waals surface area (Å²) in [6.07, 6.45) is 0.586. The monoisotopic (exact) mass is 791 g/mol. The van der Waals surface area contributed by atoms with Gasteiger partial charge in [0.05, 0.1) is 20.3 Å². The van der Waals surface area contributed by atoms with Crippen molar-refractivity contribution in [3.05, 3.63) is 104 Å². The van der Waals surface area contributed by atoms with E-state index in [-0.39, 0.29) is 57.1 Å². The highest BCUT2D eigenvalue weighted by molar-refractivity contribution is 7.87. The molecule has 0 spiro atoms. The summed E-state index contributed by atoms with van der Waals surface area (Å²) in [5.41, 5.74) is 4.13. The van der Waals surface area contributed by atoms with Crippen LogP contribution in [0.4, 0.5) is 0 Å². The summed E-state index contributed by atoms with van der Waals surface area (Å²) in [4.78, 5) is 26.5. The van der Waals surface area contributed by atoms with Gasteiger partial charge < -0.3 is 23.2 Å². The summed E-state index contributed by atoms with van der Waals surface area (Å²) < 4.78 is 78.5. The van der Waals surface area contributed by atoms with Crippen LogP contribution in [0.15, 0.2) is 75.2 Å². The van der Waals surface area contributed by atoms with Crippen LogP contribution in [0.5, 0.6) is 23.0 Å². The molecule has 55 heavy (non-hydrogen) atoms. The van der Waals surface area contributed by atoms with Crippen LogP contribution < -0.4 is 28.6 Å². The molecule has 11 nitrogen and oxygen atoms in total. The van der Waals surface area contributed by atoms with E-state index < -0.39 is 37.5 Å². The third kappa shape index (κ3) is 8.52. The van der Waals surface area contributed by atoms with Gasteiger partial charge in [0, 0.05) is 12.5 Å². The Morgan fingerprint density at radius 1 is 0.745 bits per heavy atom. The number of amides is 1. The number of rotatable bonds is 12. The predicted octanol–water partition coefficient (Wildman–Crippen LogP) is 8.07. The molecule has 1 amide bonds. The number of ether oxygens (including phenoxy) is 2. The molecule has 4 aromatic rings. The predicted molar refractivity (Wildman–Crippen MR) is 212 cm³/mol. The Morgan fingerprint density at radius 2 is 1.33 bits per heavy atom. The number of hydrogen-bond donors (Lipinski definition) is 1. The molecular formula is C42H49NO10S2. The van der Waals surface area contributed by atoms with Crippen LogP contribution in [-0.4, -0.2) is 37.0 Å². The van der Waals surface area contributed by atoms with E-state index in [1.165, 1.54) is 51.5 Å². The highest BCUT2D eigenvalue weighted by atomic mass is 32.2. The third-order valence-corrected chi connectivity index (χ3v) is 12.3. The van der Waals surface area contributed by atoms with Crippen molar-refractivity contribution in [3.63, 3.8) is 0 Å². The molecular weight excluding hydrogens is 743 g/mol. The number of aryl methyl sites for hydroxylation is 2. The Balaban J connectivity index is 1.72. The Morgan fingerprint density at radius 3 is 1.85 bits per heavy atom. The molecule has 0 bridgehead atoms. The second-order valence-corrected chi connectivity index (χ2v) is 17.8. The fourth-order valence-corrected chi connectivity index (χ4v) is 9.43. The fraction of sp³-hybridized carbons (Fsp3) is 0.381. The molecule has 0 aliphatic heterocycles. The topological polar surface area (TPSA) is 151 Å². The van der Waals surface area contributed by atoms with E-state index in [1.54, 1.807) is 18.2 Å². The van der Waals surface area contributed by atoms with Crippen molar-refractivity contribution >= 4 is 26.1 Å². The number of nitrogens with one attached hydrogen (secondary N) is 1. The van der Waals surface area contributed by atoms with Gasteiger partial charge in [0.25, 0.3) is 0 Å². The van der Waals surface area contributed by atoms with Crippen LogP contribution in [0.3, 0.4) is 0 Å². The molecule has 0 saturated heterocycles. The zero-order valence-corrected chi connectivity index (χ0v) is 34.5. The summed E-state index contributed by atoms with van der Waals surface area (Å²) in [5.74, 6) is -1.02. The van der Waals surface area contributed by atoms with Crippen molar-refractivity contribution in [3.8, 4) is 34.1 Å². The van der Waals surface area contributed by atoms with Gasteiger partial charge in [-0.15, -0.1) is 0 Å². The molecule has 0 radical (unpaired) electrons. The highest BCUT2D eigenvalue weighted by Gasteiger charge is 2.33. The van der Waals surface area contributed by atoms with Gasteiger partial charge in [0.1, 0.15) is 9.79 Å². The van der Waals surface area contributed by atoms with Crippen LogP contribution in [0.1, 0.15) is 112 Å². The summed E-state index contributed by atoms with van der Waals surface area (Å²) in [6, 6.07) is 14.9. The number of carbonyl (C=O) groups excluding carboxylic acids is 1. The molecule has 0 saturated carbocycles. The first-order valence-electron chi connectivity index (χ1n) is 18.2. The SMILES string of the molecule is COc1c(OS(=O)(=O)c2ccc(C)cc2)cc2c(c1OC)-c1ccc(OS(=O)(=O)c3c(C(C)C)cc(C(C)C)cc3C(C)C)c(=O)cc1C(NC(C)=O)CC2. The van der Waals surface area contributed by atoms with Crippen LogP contribution in [0.25, 0.3) is 11.1 Å². The lowest BCUT2D eigenvalue weighted by atomic mass is 9.89. The van der Waals surface area contributed by atoms with E-state index in [1.807, 2.05) is 60.6 Å². The van der Waals surface area contributed by atoms with Crippen LogP contribution in [0.2, 0.25) is 0 Å². The van der Waals surface area contributed by atoms with Crippen molar-refractivity contribution < 1.29 is 39.5 Å². The molecule has 1 N–H and O–H groups in total. The zero-order valence-electron chi connectivity index (χ0n) is 32.9. The van der Waals surface area contributed by atoms with Crippen LogP contribution in [0, 0.1) is 6.92 Å². The van der Waals surface area contributed by atoms with Gasteiger partial charge in [-0.2, -0.15) is 16.8 Å². The maximum Gasteiger partial charge on any atom is 0.339 e. The van der Waals surface area contributed by atoms with Gasteiger partial charge in [-0.05, 0) is 107 Å². The summed E-state index contributed by atoms with van der Waals surface area (Å²) in [5, 5.41) is 2.91. The molecule has 13 heteroatoms. The smallest absolute Gasteiger partial charge is 0.339 e. The molecule has 0 aromatic heterocycles. The molecule has 1 unspecified atom stereocenters. The maximum absolute atomic E-state index is 14.3. The molecule has 4 aromatic carbocycles. The molecule has 0 fully saturated rings. The molecule has 1 aliphatic rings. The number of hydrogen-bond acceptors (Lipinski definition) is 10. The van der Waals surface area contributed by atoms with Gasteiger partial charge in [0.2, 0.25) is 17.1 Å². The second-order valence-electron chi connectivity index (χ2n) is 14.7. The summed E-state index contributed by atoms with van der Waals surface area (Å²) in [7, 11) is -6.12. The lowest BCUT2D eigenvalue weighted by Crippen LogP contribution is -2.26. The zero-order chi connectivity index (χ0) is 40.6. The average Bonchev–Trinajstić information content (AvgIpc) is 3.34. The maximum atomic E-state index is 14.3. The fourth-order valence-electron chi connectivity index (χ4n) is 6.88. The quantitative estimate of drug-likeness (QED) is 0.140. The molecule has 1 aliphatic carbocycles. The van der Waals surface area contributed by atoms with E-state index in [4.69, 9.17) is 17.8 Å². The normalized spacial score (nSPS) is 14.2. The summed E-state index contributed by atoms with van der Waals surface area (Å²) >= 11 is 0. The first kappa shape index (κ1) is 41.3. The lowest BCUT2D eigenvalue weighted by Gasteiger charge is -2.22. The minimum Gasteiger partial charge on any atom is -0.492 e. The van der Waals surface area contributed by atoms with Crippen molar-refractivity contribution in [1.82, 2.24) is 5.32 Å². The molecule has 294 valence electrons. The van der Waals surface area contributed by atoms with Gasteiger partial charge >= 0.3 is 20.2 Å². The Bertz CT molecular complexity index is 2370. The standard InChI is InChI=1S/C42H49NO10S2/c1-23(2)29-19-32(24(3)4)42(33(20-29)25(5)6)55(48,49)52-37-18-16-31-34(22-36(37)45)35(43-27(8)44)17-13-28-21-38(40(50-9)41(51-10)39(28)31)53-54(46,47)30-14-11-26(7)12-15-30/h11-12,14-16,18-25,35H,13,17H2,1-10H3,(H,43,44). The first-order valence-corrected chi connectivity index (χ1v) is 21.0.